The number of rotatable bonds is 6. The Labute approximate surface area is 225 Å². The van der Waals surface area contributed by atoms with Gasteiger partial charge in [-0.25, -0.2) is 4.79 Å². The number of nitrogens with zero attached hydrogens (tertiary/aromatic N) is 1. The molecule has 0 radical (unpaired) electrons. The molecule has 0 spiro atoms. The summed E-state index contributed by atoms with van der Waals surface area (Å²) in [5, 5.41) is 3.46. The minimum Gasteiger partial charge on any atom is -0.486 e. The van der Waals surface area contributed by atoms with Crippen molar-refractivity contribution in [3.05, 3.63) is 64.9 Å². The van der Waals surface area contributed by atoms with Crippen molar-refractivity contribution >= 4 is 23.0 Å². The van der Waals surface area contributed by atoms with Crippen molar-refractivity contribution in [3.63, 3.8) is 0 Å². The van der Waals surface area contributed by atoms with E-state index in [2.05, 4.69) is 5.32 Å². The Morgan fingerprint density at radius 1 is 1.15 bits per heavy atom. The van der Waals surface area contributed by atoms with E-state index in [1.54, 1.807) is 63.8 Å². The van der Waals surface area contributed by atoms with E-state index in [0.29, 0.717) is 54.0 Å². The second-order valence-corrected chi connectivity index (χ2v) is 10.7. The second kappa shape index (κ2) is 10.8. The van der Waals surface area contributed by atoms with E-state index >= 15 is 0 Å². The standard InChI is InChI=1S/C29H33F3N2O5/c1-6-23(20-9-7-8-10-22(20)29(30,31)32)38-19-11-12-24-21(15-19)25(17(2)37-24)26(35)33-18-13-14-34(16-18)27(36)39-28(3,4)5/h7-12,15,18,23H,6,13-14,16H2,1-5H3,(H,33,35)/t18-,23-/m1/s1. The third kappa shape index (κ3) is 6.49. The van der Waals surface area contributed by atoms with Crippen LogP contribution in [0, 0.1) is 6.92 Å². The average Bonchev–Trinajstić information content (AvgIpc) is 3.44. The maximum atomic E-state index is 13.6. The summed E-state index contributed by atoms with van der Waals surface area (Å²) in [4.78, 5) is 27.2. The van der Waals surface area contributed by atoms with Gasteiger partial charge in [0, 0.05) is 30.1 Å². The predicted molar refractivity (Wildman–Crippen MR) is 140 cm³/mol. The van der Waals surface area contributed by atoms with Crippen LogP contribution in [0.25, 0.3) is 11.0 Å². The highest BCUT2D eigenvalue weighted by molar-refractivity contribution is 6.07. The Balaban J connectivity index is 1.53. The molecule has 210 valence electrons. The summed E-state index contributed by atoms with van der Waals surface area (Å²) < 4.78 is 58.0. The van der Waals surface area contributed by atoms with Crippen LogP contribution in [0.5, 0.6) is 5.75 Å². The van der Waals surface area contributed by atoms with Gasteiger partial charge in [0.1, 0.15) is 28.8 Å². The quantitative estimate of drug-likeness (QED) is 0.359. The maximum absolute atomic E-state index is 13.6. The van der Waals surface area contributed by atoms with Crippen LogP contribution in [-0.4, -0.2) is 41.6 Å². The number of alkyl halides is 3. The third-order valence-corrected chi connectivity index (χ3v) is 6.50. The van der Waals surface area contributed by atoms with Crippen molar-refractivity contribution in [2.24, 2.45) is 0 Å². The summed E-state index contributed by atoms with van der Waals surface area (Å²) in [6, 6.07) is 9.95. The molecule has 0 aliphatic carbocycles. The highest BCUT2D eigenvalue weighted by Gasteiger charge is 2.35. The van der Waals surface area contributed by atoms with Crippen LogP contribution < -0.4 is 10.1 Å². The summed E-state index contributed by atoms with van der Waals surface area (Å²) in [6.45, 7) is 9.58. The minimum atomic E-state index is -4.51. The number of halogens is 3. The highest BCUT2D eigenvalue weighted by Crippen LogP contribution is 2.38. The van der Waals surface area contributed by atoms with E-state index in [4.69, 9.17) is 13.9 Å². The Morgan fingerprint density at radius 2 is 1.87 bits per heavy atom. The van der Waals surface area contributed by atoms with Gasteiger partial charge in [0.05, 0.1) is 11.1 Å². The first-order chi connectivity index (χ1) is 18.3. The van der Waals surface area contributed by atoms with E-state index in [1.807, 2.05) is 0 Å². The molecule has 0 saturated carbocycles. The SMILES string of the molecule is CC[C@@H](Oc1ccc2oc(C)c(C(=O)N[C@@H]3CCN(C(=O)OC(C)(C)C)C3)c2c1)c1ccccc1C(F)(F)F. The predicted octanol–water partition coefficient (Wildman–Crippen LogP) is 7.03. The van der Waals surface area contributed by atoms with Crippen molar-refractivity contribution < 1.29 is 36.7 Å². The Kier molecular flexibility index (Phi) is 7.86. The smallest absolute Gasteiger partial charge is 0.416 e. The molecule has 0 unspecified atom stereocenters. The molecule has 10 heteroatoms. The van der Waals surface area contributed by atoms with Crippen LogP contribution in [0.2, 0.25) is 0 Å². The van der Waals surface area contributed by atoms with Gasteiger partial charge in [-0.05, 0) is 64.8 Å². The summed E-state index contributed by atoms with van der Waals surface area (Å²) in [6.07, 6.45) is -4.90. The lowest BCUT2D eigenvalue weighted by Crippen LogP contribution is -2.40. The number of aryl methyl sites for hydroxylation is 1. The van der Waals surface area contributed by atoms with Crippen LogP contribution in [-0.2, 0) is 10.9 Å². The topological polar surface area (TPSA) is 81.0 Å². The van der Waals surface area contributed by atoms with Crippen LogP contribution in [0.3, 0.4) is 0 Å². The number of benzene rings is 2. The largest absolute Gasteiger partial charge is 0.486 e. The van der Waals surface area contributed by atoms with Crippen molar-refractivity contribution in [1.29, 1.82) is 0 Å². The number of amides is 2. The van der Waals surface area contributed by atoms with Crippen molar-refractivity contribution in [2.75, 3.05) is 13.1 Å². The van der Waals surface area contributed by atoms with Gasteiger partial charge in [-0.15, -0.1) is 0 Å². The number of fused-ring (bicyclic) bond motifs is 1. The Morgan fingerprint density at radius 3 is 2.54 bits per heavy atom. The molecule has 0 bridgehead atoms. The molecule has 7 nitrogen and oxygen atoms in total. The van der Waals surface area contributed by atoms with Crippen molar-refractivity contribution in [3.8, 4) is 5.75 Å². The molecule has 2 aromatic carbocycles. The van der Waals surface area contributed by atoms with E-state index in [-0.39, 0.29) is 17.5 Å². The zero-order chi connectivity index (χ0) is 28.5. The number of furan rings is 1. The fraction of sp³-hybridized carbons (Fsp3) is 0.448. The molecule has 3 aromatic rings. The summed E-state index contributed by atoms with van der Waals surface area (Å²) in [5.41, 5.74) is -0.541. The van der Waals surface area contributed by atoms with Gasteiger partial charge in [0.25, 0.3) is 5.91 Å². The fourth-order valence-electron chi connectivity index (χ4n) is 4.75. The molecule has 2 atom stereocenters. The first-order valence-corrected chi connectivity index (χ1v) is 12.9. The van der Waals surface area contributed by atoms with E-state index < -0.39 is 29.5 Å². The molecule has 2 heterocycles. The molecule has 1 saturated heterocycles. The molecular weight excluding hydrogens is 513 g/mol. The summed E-state index contributed by atoms with van der Waals surface area (Å²) >= 11 is 0. The molecule has 2 amide bonds. The lowest BCUT2D eigenvalue weighted by atomic mass is 10.00. The van der Waals surface area contributed by atoms with Gasteiger partial charge in [-0.3, -0.25) is 4.79 Å². The number of ether oxygens (including phenoxy) is 2. The fourth-order valence-corrected chi connectivity index (χ4v) is 4.75. The van der Waals surface area contributed by atoms with Crippen LogP contribution >= 0.6 is 0 Å². The Bertz CT molecular complexity index is 1360. The van der Waals surface area contributed by atoms with Gasteiger partial charge in [0.15, 0.2) is 0 Å². The number of carbonyl (C=O) groups excluding carboxylic acids is 2. The molecule has 1 aliphatic rings. The van der Waals surface area contributed by atoms with Crippen molar-refractivity contribution in [2.45, 2.75) is 71.4 Å². The Hall–Kier alpha value is -3.69. The highest BCUT2D eigenvalue weighted by atomic mass is 19.4. The molecular formula is C29H33F3N2O5. The van der Waals surface area contributed by atoms with Gasteiger partial charge in [-0.1, -0.05) is 25.1 Å². The molecule has 1 fully saturated rings. The van der Waals surface area contributed by atoms with Gasteiger partial charge in [-0.2, -0.15) is 13.2 Å². The molecule has 1 aliphatic heterocycles. The van der Waals surface area contributed by atoms with Crippen molar-refractivity contribution in [1.82, 2.24) is 10.2 Å². The zero-order valence-electron chi connectivity index (χ0n) is 22.6. The first-order valence-electron chi connectivity index (χ1n) is 12.9. The normalized spacial score (nSPS) is 16.8. The molecule has 1 N–H and O–H groups in total. The van der Waals surface area contributed by atoms with E-state index in [9.17, 15) is 22.8 Å². The number of hydrogen-bond acceptors (Lipinski definition) is 5. The third-order valence-electron chi connectivity index (χ3n) is 6.50. The van der Waals surface area contributed by atoms with E-state index in [1.165, 1.54) is 12.1 Å². The van der Waals surface area contributed by atoms with Gasteiger partial charge in [0.2, 0.25) is 0 Å². The van der Waals surface area contributed by atoms with Gasteiger partial charge < -0.3 is 24.1 Å². The summed E-state index contributed by atoms with van der Waals surface area (Å²) in [7, 11) is 0. The zero-order valence-corrected chi connectivity index (χ0v) is 22.6. The second-order valence-electron chi connectivity index (χ2n) is 10.7. The summed E-state index contributed by atoms with van der Waals surface area (Å²) in [5.74, 6) is 0.350. The van der Waals surface area contributed by atoms with Crippen LogP contribution in [0.4, 0.5) is 18.0 Å². The lowest BCUT2D eigenvalue weighted by molar-refractivity contribution is -0.139. The molecule has 39 heavy (non-hydrogen) atoms. The lowest BCUT2D eigenvalue weighted by Gasteiger charge is -2.24. The van der Waals surface area contributed by atoms with E-state index in [0.717, 1.165) is 6.07 Å². The first kappa shape index (κ1) is 28.3. The van der Waals surface area contributed by atoms with Gasteiger partial charge >= 0.3 is 12.3 Å². The minimum absolute atomic E-state index is 0.0460. The average molecular weight is 547 g/mol. The van der Waals surface area contributed by atoms with Crippen LogP contribution in [0.1, 0.15) is 73.9 Å². The number of hydrogen-bond donors (Lipinski definition) is 1. The number of nitrogens with one attached hydrogen (secondary N) is 1. The molecule has 4 rings (SSSR count). The monoisotopic (exact) mass is 546 g/mol. The number of likely N-dealkylation sites (tertiary alicyclic amines) is 1. The van der Waals surface area contributed by atoms with Crippen LogP contribution in [0.15, 0.2) is 46.9 Å². The molecule has 1 aromatic heterocycles. The maximum Gasteiger partial charge on any atom is 0.416 e. The number of carbonyl (C=O) groups is 2.